The summed E-state index contributed by atoms with van der Waals surface area (Å²) >= 11 is 3.39. The summed E-state index contributed by atoms with van der Waals surface area (Å²) in [6.07, 6.45) is 0. The number of rotatable bonds is 3. The van der Waals surface area contributed by atoms with E-state index in [1.165, 1.54) is 0 Å². The van der Waals surface area contributed by atoms with Crippen molar-refractivity contribution in [1.29, 1.82) is 5.26 Å². The number of nitrogens with zero attached hydrogens (tertiary/aromatic N) is 3. The first-order valence-corrected chi connectivity index (χ1v) is 7.21. The Morgan fingerprint density at radius 2 is 2.21 bits per heavy atom. The van der Waals surface area contributed by atoms with Gasteiger partial charge in [-0.2, -0.15) is 5.26 Å². The molecule has 19 heavy (non-hydrogen) atoms. The van der Waals surface area contributed by atoms with Crippen LogP contribution in [0.2, 0.25) is 0 Å². The lowest BCUT2D eigenvalue weighted by Crippen LogP contribution is -2.52. The molecule has 1 aliphatic heterocycles. The van der Waals surface area contributed by atoms with E-state index in [0.717, 1.165) is 36.3 Å². The van der Waals surface area contributed by atoms with Crippen molar-refractivity contribution in [2.45, 2.75) is 6.04 Å². The minimum atomic E-state index is 0.480. The van der Waals surface area contributed by atoms with Crippen LogP contribution in [0.1, 0.15) is 5.56 Å². The summed E-state index contributed by atoms with van der Waals surface area (Å²) in [7, 11) is 4.31. The molecule has 5 heteroatoms. The third-order valence-corrected chi connectivity index (χ3v) is 4.10. The van der Waals surface area contributed by atoms with Gasteiger partial charge in [-0.25, -0.2) is 0 Å². The first kappa shape index (κ1) is 14.3. The van der Waals surface area contributed by atoms with E-state index in [4.69, 9.17) is 5.26 Å². The highest BCUT2D eigenvalue weighted by Crippen LogP contribution is 2.20. The monoisotopic (exact) mass is 322 g/mol. The zero-order valence-electron chi connectivity index (χ0n) is 11.4. The minimum Gasteiger partial charge on any atom is -0.382 e. The van der Waals surface area contributed by atoms with E-state index in [-0.39, 0.29) is 0 Å². The van der Waals surface area contributed by atoms with Crippen LogP contribution in [0.4, 0.5) is 5.69 Å². The van der Waals surface area contributed by atoms with E-state index in [9.17, 15) is 0 Å². The van der Waals surface area contributed by atoms with Crippen molar-refractivity contribution < 1.29 is 0 Å². The van der Waals surface area contributed by atoms with Crippen molar-refractivity contribution >= 4 is 21.6 Å². The van der Waals surface area contributed by atoms with Crippen molar-refractivity contribution in [1.82, 2.24) is 9.80 Å². The second-order valence-electron chi connectivity index (χ2n) is 5.08. The third kappa shape index (κ3) is 3.69. The molecule has 1 atom stereocenters. The Bertz CT molecular complexity index is 483. The Labute approximate surface area is 123 Å². The Kier molecular flexibility index (Phi) is 4.81. The van der Waals surface area contributed by atoms with E-state index in [2.05, 4.69) is 51.2 Å². The Morgan fingerprint density at radius 1 is 1.42 bits per heavy atom. The molecule has 102 valence electrons. The molecule has 0 aromatic heterocycles. The van der Waals surface area contributed by atoms with Crippen LogP contribution in [0, 0.1) is 11.3 Å². The van der Waals surface area contributed by atoms with E-state index < -0.39 is 0 Å². The first-order valence-electron chi connectivity index (χ1n) is 6.42. The molecule has 1 saturated heterocycles. The summed E-state index contributed by atoms with van der Waals surface area (Å²) in [6.45, 7) is 4.13. The molecule has 0 radical (unpaired) electrons. The molecule has 0 amide bonds. The van der Waals surface area contributed by atoms with Crippen LogP contribution in [-0.4, -0.2) is 56.1 Å². The number of hydrogen-bond acceptors (Lipinski definition) is 4. The minimum absolute atomic E-state index is 0.480. The molecule has 1 aromatic rings. The maximum Gasteiger partial charge on any atom is 0.101 e. The largest absolute Gasteiger partial charge is 0.382 e. The molecule has 4 nitrogen and oxygen atoms in total. The number of hydrogen-bond donors (Lipinski definition) is 1. The van der Waals surface area contributed by atoms with E-state index >= 15 is 0 Å². The third-order valence-electron chi connectivity index (χ3n) is 3.61. The van der Waals surface area contributed by atoms with Crippen LogP contribution in [-0.2, 0) is 0 Å². The Morgan fingerprint density at radius 3 is 2.95 bits per heavy atom. The molecule has 1 N–H and O–H groups in total. The number of halogens is 1. The van der Waals surface area contributed by atoms with Gasteiger partial charge in [0.05, 0.1) is 11.3 Å². The number of likely N-dealkylation sites (N-methyl/N-ethyl adjacent to an activating group) is 2. The summed E-state index contributed by atoms with van der Waals surface area (Å²) in [5.41, 5.74) is 1.59. The summed E-state index contributed by atoms with van der Waals surface area (Å²) < 4.78 is 0.934. The van der Waals surface area contributed by atoms with Gasteiger partial charge in [-0.3, -0.25) is 4.90 Å². The van der Waals surface area contributed by atoms with Crippen molar-refractivity contribution in [3.8, 4) is 6.07 Å². The second kappa shape index (κ2) is 6.38. The summed E-state index contributed by atoms with van der Waals surface area (Å²) in [5, 5.41) is 12.5. The molecule has 1 heterocycles. The van der Waals surface area contributed by atoms with Gasteiger partial charge in [0, 0.05) is 36.7 Å². The number of anilines is 1. The quantitative estimate of drug-likeness (QED) is 0.924. The van der Waals surface area contributed by atoms with Crippen LogP contribution in [0.15, 0.2) is 22.7 Å². The predicted molar refractivity (Wildman–Crippen MR) is 81.3 cm³/mol. The van der Waals surface area contributed by atoms with Crippen LogP contribution < -0.4 is 5.32 Å². The van der Waals surface area contributed by atoms with Crippen molar-refractivity contribution in [2.75, 3.05) is 45.6 Å². The SMILES string of the molecule is CN1CCN(C)C(CNc2ccc(Br)cc2C#N)C1. The average Bonchev–Trinajstić information content (AvgIpc) is 2.40. The van der Waals surface area contributed by atoms with E-state index in [1.54, 1.807) is 0 Å². The number of piperazine rings is 1. The molecular formula is C14H19BrN4. The van der Waals surface area contributed by atoms with Gasteiger partial charge in [0.2, 0.25) is 0 Å². The summed E-state index contributed by atoms with van der Waals surface area (Å²) in [6, 6.07) is 8.47. The van der Waals surface area contributed by atoms with Gasteiger partial charge in [0.25, 0.3) is 0 Å². The fraction of sp³-hybridized carbons (Fsp3) is 0.500. The van der Waals surface area contributed by atoms with Crippen molar-refractivity contribution in [3.63, 3.8) is 0 Å². The molecule has 0 bridgehead atoms. The van der Waals surface area contributed by atoms with E-state index in [0.29, 0.717) is 11.6 Å². The lowest BCUT2D eigenvalue weighted by Gasteiger charge is -2.37. The number of nitriles is 1. The van der Waals surface area contributed by atoms with Gasteiger partial charge in [0.1, 0.15) is 6.07 Å². The number of nitrogens with one attached hydrogen (secondary N) is 1. The van der Waals surface area contributed by atoms with Gasteiger partial charge >= 0.3 is 0 Å². The predicted octanol–water partition coefficient (Wildman–Crippen LogP) is 1.98. The molecule has 1 fully saturated rings. The Hall–Kier alpha value is -1.09. The normalized spacial score (nSPS) is 21.1. The smallest absolute Gasteiger partial charge is 0.101 e. The molecule has 0 aliphatic carbocycles. The van der Waals surface area contributed by atoms with Gasteiger partial charge in [-0.05, 0) is 32.3 Å². The van der Waals surface area contributed by atoms with Crippen LogP contribution in [0.25, 0.3) is 0 Å². The highest BCUT2D eigenvalue weighted by molar-refractivity contribution is 9.10. The summed E-state index contributed by atoms with van der Waals surface area (Å²) in [4.78, 5) is 4.72. The molecule has 2 rings (SSSR count). The standard InChI is InChI=1S/C14H19BrN4/c1-18-5-6-19(2)13(10-18)9-17-14-4-3-12(15)7-11(14)8-16/h3-4,7,13,17H,5-6,9-10H2,1-2H3. The Balaban J connectivity index is 2.00. The lowest BCUT2D eigenvalue weighted by molar-refractivity contribution is 0.122. The van der Waals surface area contributed by atoms with Gasteiger partial charge < -0.3 is 10.2 Å². The number of benzene rings is 1. The molecule has 1 aromatic carbocycles. The van der Waals surface area contributed by atoms with Gasteiger partial charge in [-0.15, -0.1) is 0 Å². The van der Waals surface area contributed by atoms with Gasteiger partial charge in [-0.1, -0.05) is 15.9 Å². The molecule has 0 spiro atoms. The topological polar surface area (TPSA) is 42.3 Å². The zero-order chi connectivity index (χ0) is 13.8. The average molecular weight is 323 g/mol. The highest BCUT2D eigenvalue weighted by atomic mass is 79.9. The second-order valence-corrected chi connectivity index (χ2v) is 5.99. The van der Waals surface area contributed by atoms with Gasteiger partial charge in [0.15, 0.2) is 0 Å². The van der Waals surface area contributed by atoms with Crippen molar-refractivity contribution in [2.24, 2.45) is 0 Å². The molecular weight excluding hydrogens is 304 g/mol. The highest BCUT2D eigenvalue weighted by Gasteiger charge is 2.21. The fourth-order valence-electron chi connectivity index (χ4n) is 2.31. The summed E-state index contributed by atoms with van der Waals surface area (Å²) in [5.74, 6) is 0. The molecule has 1 aliphatic rings. The lowest BCUT2D eigenvalue weighted by atomic mass is 10.1. The fourth-order valence-corrected chi connectivity index (χ4v) is 2.67. The first-order chi connectivity index (χ1) is 9.10. The molecule has 0 saturated carbocycles. The van der Waals surface area contributed by atoms with Crippen molar-refractivity contribution in [3.05, 3.63) is 28.2 Å². The van der Waals surface area contributed by atoms with E-state index in [1.807, 2.05) is 18.2 Å². The van der Waals surface area contributed by atoms with Crippen LogP contribution in [0.3, 0.4) is 0 Å². The van der Waals surface area contributed by atoms with Crippen LogP contribution >= 0.6 is 15.9 Å². The maximum atomic E-state index is 9.14. The maximum absolute atomic E-state index is 9.14. The zero-order valence-corrected chi connectivity index (χ0v) is 12.9. The molecule has 1 unspecified atom stereocenters. The van der Waals surface area contributed by atoms with Crippen LogP contribution in [0.5, 0.6) is 0 Å².